The number of benzene rings is 2. The zero-order valence-corrected chi connectivity index (χ0v) is 24.1. The molecule has 2 aromatic rings. The van der Waals surface area contributed by atoms with E-state index in [2.05, 4.69) is 82.1 Å². The van der Waals surface area contributed by atoms with Gasteiger partial charge in [-0.05, 0) is 120 Å². The molecule has 4 rings (SSSR count). The Morgan fingerprint density at radius 3 is 2.21 bits per heavy atom. The van der Waals surface area contributed by atoms with Gasteiger partial charge >= 0.3 is 0 Å². The number of hydrogen-bond acceptors (Lipinski definition) is 2. The van der Waals surface area contributed by atoms with Crippen molar-refractivity contribution in [3.63, 3.8) is 0 Å². The first-order valence-electron chi connectivity index (χ1n) is 14.4. The van der Waals surface area contributed by atoms with Crippen LogP contribution in [0.25, 0.3) is 5.57 Å². The number of nitrogens with zero attached hydrogens (tertiary/aromatic N) is 1. The molecule has 0 bridgehead atoms. The van der Waals surface area contributed by atoms with Crippen molar-refractivity contribution < 1.29 is 13.5 Å². The molecule has 1 heterocycles. The number of rotatable bonds is 8. The average Bonchev–Trinajstić information content (AvgIpc) is 2.89. The number of hydrogen-bond donors (Lipinski definition) is 0. The van der Waals surface area contributed by atoms with Crippen molar-refractivity contribution in [2.24, 2.45) is 0 Å². The zero-order valence-electron chi connectivity index (χ0n) is 24.1. The Balaban J connectivity index is 1.43. The third-order valence-electron chi connectivity index (χ3n) is 8.53. The molecule has 0 aromatic heterocycles. The molecule has 1 aliphatic carbocycles. The molecule has 1 fully saturated rings. The number of allylic oxidation sites excluding steroid dienone is 3. The Labute approximate surface area is 228 Å². The zero-order chi connectivity index (χ0) is 27.5. The lowest BCUT2D eigenvalue weighted by Crippen LogP contribution is -2.57. The SMILES string of the molecule is C/C=C/N1C(C)(C)CC(c2ccc(C3=CCC(c4ccc(OCCCC)c(F)c4F)CC3)cc2)CC1(C)C. The first-order valence-corrected chi connectivity index (χ1v) is 14.4. The van der Waals surface area contributed by atoms with E-state index in [4.69, 9.17) is 4.74 Å². The molecule has 0 amide bonds. The summed E-state index contributed by atoms with van der Waals surface area (Å²) >= 11 is 0. The van der Waals surface area contributed by atoms with Crippen LogP contribution in [0.15, 0.2) is 54.8 Å². The molecule has 0 spiro atoms. The van der Waals surface area contributed by atoms with Gasteiger partial charge in [-0.15, -0.1) is 0 Å². The van der Waals surface area contributed by atoms with Crippen LogP contribution in [0.1, 0.15) is 115 Å². The Morgan fingerprint density at radius 2 is 1.63 bits per heavy atom. The van der Waals surface area contributed by atoms with Crippen LogP contribution in [-0.2, 0) is 0 Å². The maximum atomic E-state index is 14.9. The van der Waals surface area contributed by atoms with Crippen LogP contribution in [0, 0.1) is 11.6 Å². The van der Waals surface area contributed by atoms with Crippen molar-refractivity contribution in [2.75, 3.05) is 6.61 Å². The number of piperidine rings is 1. The van der Waals surface area contributed by atoms with Crippen molar-refractivity contribution in [3.8, 4) is 5.75 Å². The van der Waals surface area contributed by atoms with Gasteiger partial charge in [-0.1, -0.05) is 55.8 Å². The summed E-state index contributed by atoms with van der Waals surface area (Å²) in [5.74, 6) is -1.08. The first-order chi connectivity index (χ1) is 18.1. The summed E-state index contributed by atoms with van der Waals surface area (Å²) in [6.45, 7) is 13.9. The highest BCUT2D eigenvalue weighted by Gasteiger charge is 2.43. The molecule has 2 aromatic carbocycles. The highest BCUT2D eigenvalue weighted by Crippen LogP contribution is 2.46. The van der Waals surface area contributed by atoms with Gasteiger partial charge in [0.2, 0.25) is 5.82 Å². The van der Waals surface area contributed by atoms with Crippen molar-refractivity contribution >= 4 is 5.57 Å². The van der Waals surface area contributed by atoms with Crippen molar-refractivity contribution in [2.45, 2.75) is 109 Å². The van der Waals surface area contributed by atoms with E-state index in [1.807, 2.05) is 6.92 Å². The molecular weight excluding hydrogens is 476 g/mol. The fraction of sp³-hybridized carbons (Fsp3) is 0.529. The summed E-state index contributed by atoms with van der Waals surface area (Å²) in [7, 11) is 0. The van der Waals surface area contributed by atoms with Crippen LogP contribution in [-0.4, -0.2) is 22.6 Å². The fourth-order valence-corrected chi connectivity index (χ4v) is 6.73. The number of likely N-dealkylation sites (tertiary alicyclic amines) is 1. The van der Waals surface area contributed by atoms with E-state index in [0.29, 0.717) is 18.1 Å². The first kappa shape index (κ1) is 28.4. The van der Waals surface area contributed by atoms with Gasteiger partial charge in [0.15, 0.2) is 11.6 Å². The highest BCUT2D eigenvalue weighted by molar-refractivity contribution is 5.67. The van der Waals surface area contributed by atoms with E-state index in [0.717, 1.165) is 44.9 Å². The molecule has 4 heteroatoms. The normalized spacial score (nSPS) is 21.5. The topological polar surface area (TPSA) is 12.5 Å². The largest absolute Gasteiger partial charge is 0.490 e. The lowest BCUT2D eigenvalue weighted by Gasteiger charge is -2.55. The maximum Gasteiger partial charge on any atom is 0.200 e. The van der Waals surface area contributed by atoms with E-state index in [-0.39, 0.29) is 22.7 Å². The molecule has 206 valence electrons. The predicted molar refractivity (Wildman–Crippen MR) is 155 cm³/mol. The van der Waals surface area contributed by atoms with Crippen LogP contribution in [0.4, 0.5) is 8.78 Å². The van der Waals surface area contributed by atoms with Crippen LogP contribution in [0.3, 0.4) is 0 Å². The van der Waals surface area contributed by atoms with E-state index < -0.39 is 11.6 Å². The van der Waals surface area contributed by atoms with Gasteiger partial charge in [-0.2, -0.15) is 4.39 Å². The summed E-state index contributed by atoms with van der Waals surface area (Å²) in [4.78, 5) is 2.52. The van der Waals surface area contributed by atoms with Gasteiger partial charge in [0.05, 0.1) is 6.61 Å². The molecule has 0 N–H and O–H groups in total. The minimum atomic E-state index is -0.855. The van der Waals surface area contributed by atoms with Gasteiger partial charge in [-0.25, -0.2) is 4.39 Å². The van der Waals surface area contributed by atoms with Crippen molar-refractivity contribution in [1.82, 2.24) is 4.90 Å². The molecule has 0 saturated carbocycles. The monoisotopic (exact) mass is 521 g/mol. The minimum Gasteiger partial charge on any atom is -0.490 e. The molecule has 0 radical (unpaired) electrons. The minimum absolute atomic E-state index is 0.0102. The molecular formula is C34H45F2NO. The summed E-state index contributed by atoms with van der Waals surface area (Å²) < 4.78 is 34.9. The molecule has 1 atom stereocenters. The highest BCUT2D eigenvalue weighted by atomic mass is 19.2. The van der Waals surface area contributed by atoms with Gasteiger partial charge in [0, 0.05) is 11.1 Å². The number of halogens is 2. The molecule has 38 heavy (non-hydrogen) atoms. The summed E-state index contributed by atoms with van der Waals surface area (Å²) in [5, 5.41) is 0. The fourth-order valence-electron chi connectivity index (χ4n) is 6.73. The Bertz CT molecular complexity index is 1140. The Hall–Kier alpha value is -2.62. The second-order valence-electron chi connectivity index (χ2n) is 12.4. The van der Waals surface area contributed by atoms with Gasteiger partial charge in [-0.3, -0.25) is 0 Å². The molecule has 2 nitrogen and oxygen atoms in total. The lowest BCUT2D eigenvalue weighted by atomic mass is 9.71. The van der Waals surface area contributed by atoms with Crippen LogP contribution >= 0.6 is 0 Å². The maximum absolute atomic E-state index is 14.9. The Morgan fingerprint density at radius 1 is 0.947 bits per heavy atom. The second kappa shape index (κ2) is 11.6. The van der Waals surface area contributed by atoms with E-state index in [1.165, 1.54) is 16.7 Å². The van der Waals surface area contributed by atoms with E-state index >= 15 is 0 Å². The smallest absolute Gasteiger partial charge is 0.200 e. The molecule has 1 unspecified atom stereocenters. The standard InChI is InChI=1S/C34H45F2NO/c1-7-9-21-38-30-19-18-29(31(35)32(30)36)27-16-14-25(15-17-27)24-10-12-26(13-11-24)28-22-33(3,4)37(20-8-2)34(5,6)23-28/h8,10-14,18-20,27-28H,7,9,15-17,21-23H2,1-6H3/b20-8+. The van der Waals surface area contributed by atoms with Gasteiger partial charge < -0.3 is 9.64 Å². The van der Waals surface area contributed by atoms with Gasteiger partial charge in [0.25, 0.3) is 0 Å². The molecule has 2 aliphatic rings. The second-order valence-corrected chi connectivity index (χ2v) is 12.4. The van der Waals surface area contributed by atoms with E-state index in [1.54, 1.807) is 12.1 Å². The number of unbranched alkanes of at least 4 members (excludes halogenated alkanes) is 1. The summed E-state index contributed by atoms with van der Waals surface area (Å²) in [5.41, 5.74) is 4.59. The molecule has 1 aliphatic heterocycles. The third kappa shape index (κ3) is 6.00. The van der Waals surface area contributed by atoms with Crippen molar-refractivity contribution in [3.05, 3.63) is 83.1 Å². The van der Waals surface area contributed by atoms with E-state index in [9.17, 15) is 8.78 Å². The van der Waals surface area contributed by atoms with Crippen LogP contribution in [0.5, 0.6) is 5.75 Å². The molecule has 1 saturated heterocycles. The average molecular weight is 522 g/mol. The third-order valence-corrected chi connectivity index (χ3v) is 8.53. The quantitative estimate of drug-likeness (QED) is 0.321. The predicted octanol–water partition coefficient (Wildman–Crippen LogP) is 9.76. The Kier molecular flexibility index (Phi) is 8.69. The van der Waals surface area contributed by atoms with Crippen LogP contribution < -0.4 is 4.74 Å². The van der Waals surface area contributed by atoms with Crippen LogP contribution in [0.2, 0.25) is 0 Å². The summed E-state index contributed by atoms with van der Waals surface area (Å²) in [6, 6.07) is 12.4. The number of ether oxygens (including phenoxy) is 1. The lowest BCUT2D eigenvalue weighted by molar-refractivity contribution is 0.00727. The summed E-state index contributed by atoms with van der Waals surface area (Å²) in [6.07, 6.45) is 13.0. The van der Waals surface area contributed by atoms with Gasteiger partial charge in [0.1, 0.15) is 0 Å². The van der Waals surface area contributed by atoms with Crippen molar-refractivity contribution in [1.29, 1.82) is 0 Å².